The number of nitrogens with zero attached hydrogens (tertiary/aromatic N) is 3. The van der Waals surface area contributed by atoms with E-state index in [0.717, 1.165) is 73.8 Å². The molecule has 1 fully saturated rings. The highest BCUT2D eigenvalue weighted by Gasteiger charge is 2.27. The van der Waals surface area contributed by atoms with Crippen LogP contribution in [0.25, 0.3) is 33.6 Å². The van der Waals surface area contributed by atoms with Crippen molar-refractivity contribution in [3.63, 3.8) is 0 Å². The smallest absolute Gasteiger partial charge is 0.410 e. The Balaban J connectivity index is 1.12. The predicted octanol–water partition coefficient (Wildman–Crippen LogP) is 6.90. The zero-order chi connectivity index (χ0) is 29.7. The zero-order valence-corrected chi connectivity index (χ0v) is 25.8. The standard InChI is InChI=1S/C35H42N6O2/c1-5-17-41(34(42)43-35(2,3)4)20-30-37-27-14-10-23-18-21(8-12-25(23)31(27)39-30)22-9-13-26-24(19-22)11-15-28-32(26)40-33(38-28)29-7-6-16-36-29/h8-9,12-13,18-19,29,36H,5-7,10-11,14-17,20H2,1-4H3,(H,37,39)(H,38,40)/t29-/m0/s1. The molecule has 7 rings (SSSR count). The molecule has 8 heteroatoms. The van der Waals surface area contributed by atoms with Crippen LogP contribution in [0.15, 0.2) is 36.4 Å². The Bertz CT molecular complexity index is 1670. The van der Waals surface area contributed by atoms with Gasteiger partial charge in [0, 0.05) is 29.1 Å². The summed E-state index contributed by atoms with van der Waals surface area (Å²) in [7, 11) is 0. The molecule has 43 heavy (non-hydrogen) atoms. The molecule has 0 saturated carbocycles. The van der Waals surface area contributed by atoms with Crippen LogP contribution in [0.1, 0.15) is 87.2 Å². The third kappa shape index (κ3) is 5.49. The van der Waals surface area contributed by atoms with E-state index in [-0.39, 0.29) is 6.09 Å². The molecule has 3 aliphatic rings. The van der Waals surface area contributed by atoms with Gasteiger partial charge in [-0.05, 0) is 94.5 Å². The van der Waals surface area contributed by atoms with Crippen LogP contribution in [-0.2, 0) is 37.0 Å². The summed E-state index contributed by atoms with van der Waals surface area (Å²) in [5, 5.41) is 3.57. The van der Waals surface area contributed by atoms with E-state index >= 15 is 0 Å². The molecule has 1 saturated heterocycles. The molecule has 0 radical (unpaired) electrons. The maximum Gasteiger partial charge on any atom is 0.410 e. The summed E-state index contributed by atoms with van der Waals surface area (Å²) >= 11 is 0. The van der Waals surface area contributed by atoms with Crippen molar-refractivity contribution >= 4 is 6.09 Å². The molecule has 0 spiro atoms. The molecule has 0 unspecified atom stereocenters. The molecule has 1 aliphatic heterocycles. The predicted molar refractivity (Wildman–Crippen MR) is 169 cm³/mol. The molecule has 8 nitrogen and oxygen atoms in total. The van der Waals surface area contributed by atoms with Gasteiger partial charge in [-0.2, -0.15) is 0 Å². The van der Waals surface area contributed by atoms with Crippen LogP contribution in [0.2, 0.25) is 0 Å². The quantitative estimate of drug-likeness (QED) is 0.231. The number of aromatic amines is 2. The summed E-state index contributed by atoms with van der Waals surface area (Å²) in [4.78, 5) is 31.8. The number of H-pyrrole nitrogens is 2. The fourth-order valence-corrected chi connectivity index (χ4v) is 6.81. The van der Waals surface area contributed by atoms with E-state index in [1.54, 1.807) is 4.90 Å². The minimum absolute atomic E-state index is 0.298. The highest BCUT2D eigenvalue weighted by atomic mass is 16.6. The fourth-order valence-electron chi connectivity index (χ4n) is 6.81. The van der Waals surface area contributed by atoms with Crippen LogP contribution < -0.4 is 5.32 Å². The first kappa shape index (κ1) is 27.9. The van der Waals surface area contributed by atoms with Crippen molar-refractivity contribution in [3.8, 4) is 33.6 Å². The largest absolute Gasteiger partial charge is 0.444 e. The second-order valence-corrected chi connectivity index (χ2v) is 13.3. The summed E-state index contributed by atoms with van der Waals surface area (Å²) in [6, 6.07) is 14.0. The third-order valence-electron chi connectivity index (χ3n) is 8.84. The first-order valence-corrected chi connectivity index (χ1v) is 15.9. The number of hydrogen-bond acceptors (Lipinski definition) is 5. The van der Waals surface area contributed by atoms with E-state index in [4.69, 9.17) is 14.7 Å². The summed E-state index contributed by atoms with van der Waals surface area (Å²) in [5.74, 6) is 1.90. The Morgan fingerprint density at radius 1 is 0.930 bits per heavy atom. The van der Waals surface area contributed by atoms with Crippen LogP contribution in [0, 0.1) is 0 Å². The molecule has 2 aliphatic carbocycles. The van der Waals surface area contributed by atoms with Crippen LogP contribution in [0.5, 0.6) is 0 Å². The number of nitrogens with one attached hydrogen (secondary N) is 3. The van der Waals surface area contributed by atoms with Crippen LogP contribution in [-0.4, -0.2) is 49.6 Å². The van der Waals surface area contributed by atoms with E-state index in [2.05, 4.69) is 58.6 Å². The molecule has 3 heterocycles. The molecular formula is C35H42N6O2. The molecule has 1 atom stereocenters. The second kappa shape index (κ2) is 11.0. The zero-order valence-electron chi connectivity index (χ0n) is 25.8. The lowest BCUT2D eigenvalue weighted by Gasteiger charge is -2.26. The minimum Gasteiger partial charge on any atom is -0.444 e. The number of amides is 1. The van der Waals surface area contributed by atoms with Crippen LogP contribution in [0.4, 0.5) is 4.79 Å². The molecule has 224 valence electrons. The van der Waals surface area contributed by atoms with Gasteiger partial charge in [-0.1, -0.05) is 43.3 Å². The molecule has 4 aromatic rings. The van der Waals surface area contributed by atoms with E-state index in [9.17, 15) is 4.79 Å². The third-order valence-corrected chi connectivity index (χ3v) is 8.84. The lowest BCUT2D eigenvalue weighted by Crippen LogP contribution is -2.37. The van der Waals surface area contributed by atoms with Crippen molar-refractivity contribution in [1.29, 1.82) is 0 Å². The number of ether oxygens (including phenoxy) is 1. The number of fused-ring (bicyclic) bond motifs is 6. The van der Waals surface area contributed by atoms with E-state index in [1.165, 1.54) is 45.5 Å². The number of rotatable bonds is 6. The van der Waals surface area contributed by atoms with Crippen LogP contribution in [0.3, 0.4) is 0 Å². The molecular weight excluding hydrogens is 536 g/mol. The van der Waals surface area contributed by atoms with Crippen molar-refractivity contribution in [3.05, 3.63) is 70.6 Å². The van der Waals surface area contributed by atoms with Crippen molar-refractivity contribution in [2.24, 2.45) is 0 Å². The minimum atomic E-state index is -0.529. The van der Waals surface area contributed by atoms with Gasteiger partial charge in [-0.3, -0.25) is 0 Å². The van der Waals surface area contributed by atoms with Gasteiger partial charge in [0.05, 0.1) is 24.0 Å². The maximum atomic E-state index is 12.8. The lowest BCUT2D eigenvalue weighted by atomic mass is 9.87. The average Bonchev–Trinajstić information content (AvgIpc) is 3.75. The Morgan fingerprint density at radius 2 is 1.58 bits per heavy atom. The van der Waals surface area contributed by atoms with Gasteiger partial charge in [0.25, 0.3) is 0 Å². The van der Waals surface area contributed by atoms with Gasteiger partial charge in [-0.25, -0.2) is 14.8 Å². The normalized spacial score (nSPS) is 17.2. The molecule has 2 aromatic heterocycles. The number of imidazole rings is 2. The number of benzene rings is 2. The highest BCUT2D eigenvalue weighted by molar-refractivity contribution is 5.78. The SMILES string of the molecule is CCCN(Cc1nc2c([nH]1)CCc1cc(-c3ccc4c(c3)CCc3[nH]c([C@@H]5CCCN5)nc3-4)ccc1-2)C(=O)OC(C)(C)C. The van der Waals surface area contributed by atoms with Gasteiger partial charge < -0.3 is 24.9 Å². The summed E-state index contributed by atoms with van der Waals surface area (Å²) in [6.45, 7) is 9.88. The number of carbonyl (C=O) groups excluding carboxylic acids is 1. The monoisotopic (exact) mass is 578 g/mol. The first-order valence-electron chi connectivity index (χ1n) is 15.9. The van der Waals surface area contributed by atoms with E-state index in [1.807, 2.05) is 20.8 Å². The summed E-state index contributed by atoms with van der Waals surface area (Å²) in [5.41, 5.74) is 11.7. The summed E-state index contributed by atoms with van der Waals surface area (Å²) < 4.78 is 5.65. The topological polar surface area (TPSA) is 98.9 Å². The Hall–Kier alpha value is -3.91. The van der Waals surface area contributed by atoms with Gasteiger partial charge in [0.1, 0.15) is 17.2 Å². The number of carbonyl (C=O) groups is 1. The number of aryl methyl sites for hydroxylation is 4. The van der Waals surface area contributed by atoms with Gasteiger partial charge in [0.15, 0.2) is 0 Å². The molecule has 2 aromatic carbocycles. The Labute approximate surface area is 253 Å². The van der Waals surface area contributed by atoms with E-state index < -0.39 is 5.60 Å². The fraction of sp³-hybridized carbons (Fsp3) is 0.457. The summed E-state index contributed by atoms with van der Waals surface area (Å²) in [6.07, 6.45) is 6.82. The number of hydrogen-bond donors (Lipinski definition) is 3. The van der Waals surface area contributed by atoms with Gasteiger partial charge in [0.2, 0.25) is 0 Å². The van der Waals surface area contributed by atoms with Crippen molar-refractivity contribution in [2.45, 2.75) is 90.8 Å². The average molecular weight is 579 g/mol. The van der Waals surface area contributed by atoms with Crippen molar-refractivity contribution < 1.29 is 9.53 Å². The molecule has 3 N–H and O–H groups in total. The van der Waals surface area contributed by atoms with Crippen molar-refractivity contribution in [2.75, 3.05) is 13.1 Å². The van der Waals surface area contributed by atoms with Gasteiger partial charge >= 0.3 is 6.09 Å². The highest BCUT2D eigenvalue weighted by Crippen LogP contribution is 2.38. The second-order valence-electron chi connectivity index (χ2n) is 13.3. The number of aromatic nitrogens is 4. The maximum absolute atomic E-state index is 12.8. The Morgan fingerprint density at radius 3 is 2.19 bits per heavy atom. The molecule has 0 bridgehead atoms. The Kier molecular flexibility index (Phi) is 7.12. The first-order chi connectivity index (χ1) is 20.8. The van der Waals surface area contributed by atoms with Crippen molar-refractivity contribution in [1.82, 2.24) is 30.2 Å². The molecule has 1 amide bonds. The van der Waals surface area contributed by atoms with Gasteiger partial charge in [-0.15, -0.1) is 0 Å². The lowest BCUT2D eigenvalue weighted by molar-refractivity contribution is 0.0229. The van der Waals surface area contributed by atoms with Crippen LogP contribution >= 0.6 is 0 Å². The van der Waals surface area contributed by atoms with E-state index in [0.29, 0.717) is 19.1 Å².